The zero-order valence-electron chi connectivity index (χ0n) is 11.1. The van der Waals surface area contributed by atoms with Crippen LogP contribution in [0, 0.1) is 12.3 Å². The lowest BCUT2D eigenvalue weighted by Crippen LogP contribution is -2.17. The molecule has 1 fully saturated rings. The van der Waals surface area contributed by atoms with E-state index in [1.165, 1.54) is 12.8 Å². The van der Waals surface area contributed by atoms with E-state index in [9.17, 15) is 0 Å². The van der Waals surface area contributed by atoms with Crippen molar-refractivity contribution >= 4 is 28.5 Å². The second kappa shape index (κ2) is 4.97. The maximum atomic E-state index is 5.86. The lowest BCUT2D eigenvalue weighted by atomic mass is 10.0. The van der Waals surface area contributed by atoms with Crippen LogP contribution < -0.4 is 5.32 Å². The zero-order valence-corrected chi connectivity index (χ0v) is 11.9. The first-order chi connectivity index (χ1) is 9.22. The highest BCUT2D eigenvalue weighted by molar-refractivity contribution is 6.17. The Morgan fingerprint density at radius 1 is 1.21 bits per heavy atom. The smallest absolute Gasteiger partial charge is 0.148 e. The molecule has 0 spiro atoms. The van der Waals surface area contributed by atoms with Crippen molar-refractivity contribution < 1.29 is 0 Å². The molecule has 1 heterocycles. The van der Waals surface area contributed by atoms with Crippen LogP contribution in [0.4, 0.5) is 5.82 Å². The Morgan fingerprint density at radius 2 is 1.89 bits per heavy atom. The van der Waals surface area contributed by atoms with Gasteiger partial charge in [-0.1, -0.05) is 12.1 Å². The van der Waals surface area contributed by atoms with Crippen molar-refractivity contribution in [3.05, 3.63) is 30.0 Å². The molecule has 3 rings (SSSR count). The molecule has 1 aromatic heterocycles. The van der Waals surface area contributed by atoms with E-state index >= 15 is 0 Å². The number of nitrogens with zero attached hydrogens (tertiary/aromatic N) is 2. The van der Waals surface area contributed by atoms with Gasteiger partial charge in [0, 0.05) is 12.4 Å². The van der Waals surface area contributed by atoms with Crippen LogP contribution in [0.5, 0.6) is 0 Å². The van der Waals surface area contributed by atoms with E-state index in [2.05, 4.69) is 15.3 Å². The van der Waals surface area contributed by atoms with E-state index in [0.717, 1.165) is 41.4 Å². The van der Waals surface area contributed by atoms with Crippen LogP contribution in [0.25, 0.3) is 11.0 Å². The minimum Gasteiger partial charge on any atom is -0.368 e. The highest BCUT2D eigenvalue weighted by Gasteiger charge is 2.41. The van der Waals surface area contributed by atoms with Crippen LogP contribution in [0.1, 0.15) is 25.0 Å². The Hall–Kier alpha value is -1.35. The summed E-state index contributed by atoms with van der Waals surface area (Å²) in [7, 11) is 0. The summed E-state index contributed by atoms with van der Waals surface area (Å²) < 4.78 is 0. The molecule has 1 N–H and O–H groups in total. The van der Waals surface area contributed by atoms with Gasteiger partial charge >= 0.3 is 0 Å². The van der Waals surface area contributed by atoms with Gasteiger partial charge in [0.2, 0.25) is 0 Å². The van der Waals surface area contributed by atoms with Gasteiger partial charge in [-0.2, -0.15) is 0 Å². The average molecular weight is 276 g/mol. The van der Waals surface area contributed by atoms with Crippen molar-refractivity contribution in [1.82, 2.24) is 9.97 Å². The van der Waals surface area contributed by atoms with Crippen molar-refractivity contribution in [3.8, 4) is 0 Å². The summed E-state index contributed by atoms with van der Waals surface area (Å²) in [6.45, 7) is 2.95. The molecule has 0 unspecified atom stereocenters. The zero-order chi connectivity index (χ0) is 13.3. The number of rotatable bonds is 5. The first-order valence-electron chi connectivity index (χ1n) is 6.76. The lowest BCUT2D eigenvalue weighted by molar-refractivity contribution is 0.524. The molecule has 3 nitrogen and oxygen atoms in total. The Bertz CT molecular complexity index is 593. The van der Waals surface area contributed by atoms with Crippen LogP contribution in [0.15, 0.2) is 24.3 Å². The van der Waals surface area contributed by atoms with Crippen molar-refractivity contribution in [2.45, 2.75) is 26.2 Å². The van der Waals surface area contributed by atoms with Crippen LogP contribution in [0.3, 0.4) is 0 Å². The van der Waals surface area contributed by atoms with E-state index in [-0.39, 0.29) is 0 Å². The van der Waals surface area contributed by atoms with E-state index in [4.69, 9.17) is 11.6 Å². The molecule has 1 aliphatic rings. The molecular formula is C15H18ClN3. The van der Waals surface area contributed by atoms with Gasteiger partial charge in [-0.05, 0) is 43.7 Å². The Balaban J connectivity index is 1.79. The molecule has 1 saturated carbocycles. The molecule has 2 aromatic rings. The standard InChI is InChI=1S/C15H18ClN3/c1-11-14(17-10-15(6-7-15)8-9-16)19-13-5-3-2-4-12(13)18-11/h2-5H,6-10H2,1H3,(H,17,19). The highest BCUT2D eigenvalue weighted by atomic mass is 35.5. The third kappa shape index (κ3) is 2.66. The highest BCUT2D eigenvalue weighted by Crippen LogP contribution is 2.48. The second-order valence-corrected chi connectivity index (χ2v) is 5.82. The van der Waals surface area contributed by atoms with Gasteiger partial charge in [-0.3, -0.25) is 0 Å². The summed E-state index contributed by atoms with van der Waals surface area (Å²) in [5, 5.41) is 3.46. The molecule has 0 radical (unpaired) electrons. The van der Waals surface area contributed by atoms with Crippen molar-refractivity contribution in [1.29, 1.82) is 0 Å². The summed E-state index contributed by atoms with van der Waals surface area (Å²) in [5.41, 5.74) is 3.26. The summed E-state index contributed by atoms with van der Waals surface area (Å²) in [6.07, 6.45) is 3.63. The Kier molecular flexibility index (Phi) is 3.31. The minimum atomic E-state index is 0.404. The second-order valence-electron chi connectivity index (χ2n) is 5.44. The number of halogens is 1. The van der Waals surface area contributed by atoms with Gasteiger partial charge in [-0.25, -0.2) is 9.97 Å². The molecule has 0 saturated heterocycles. The van der Waals surface area contributed by atoms with Crippen molar-refractivity contribution in [3.63, 3.8) is 0 Å². The van der Waals surface area contributed by atoms with Crippen LogP contribution in [-0.2, 0) is 0 Å². The summed E-state index contributed by atoms with van der Waals surface area (Å²) in [4.78, 5) is 9.25. The summed E-state index contributed by atoms with van der Waals surface area (Å²) >= 11 is 5.86. The fourth-order valence-electron chi connectivity index (χ4n) is 2.42. The Labute approximate surface area is 118 Å². The topological polar surface area (TPSA) is 37.8 Å². The minimum absolute atomic E-state index is 0.404. The van der Waals surface area contributed by atoms with Gasteiger partial charge in [0.25, 0.3) is 0 Å². The molecule has 0 amide bonds. The third-order valence-electron chi connectivity index (χ3n) is 3.96. The average Bonchev–Trinajstić information content (AvgIpc) is 3.17. The van der Waals surface area contributed by atoms with Crippen molar-refractivity contribution in [2.24, 2.45) is 5.41 Å². The monoisotopic (exact) mass is 275 g/mol. The number of benzene rings is 1. The fraction of sp³-hybridized carbons (Fsp3) is 0.467. The maximum Gasteiger partial charge on any atom is 0.148 e. The SMILES string of the molecule is Cc1nc2ccccc2nc1NCC1(CCCl)CC1. The van der Waals surface area contributed by atoms with Crippen LogP contribution in [-0.4, -0.2) is 22.4 Å². The number of para-hydroxylation sites is 2. The van der Waals surface area contributed by atoms with E-state index in [1.54, 1.807) is 0 Å². The number of hydrogen-bond donors (Lipinski definition) is 1. The first kappa shape index (κ1) is 12.7. The Morgan fingerprint density at radius 3 is 2.53 bits per heavy atom. The number of hydrogen-bond acceptors (Lipinski definition) is 3. The van der Waals surface area contributed by atoms with Gasteiger partial charge in [0.15, 0.2) is 0 Å². The van der Waals surface area contributed by atoms with Gasteiger partial charge < -0.3 is 5.32 Å². The number of fused-ring (bicyclic) bond motifs is 1. The van der Waals surface area contributed by atoms with Gasteiger partial charge in [0.1, 0.15) is 5.82 Å². The van der Waals surface area contributed by atoms with E-state index in [1.807, 2.05) is 31.2 Å². The molecule has 4 heteroatoms. The molecule has 1 aliphatic carbocycles. The maximum absolute atomic E-state index is 5.86. The molecule has 19 heavy (non-hydrogen) atoms. The molecule has 0 bridgehead atoms. The number of aryl methyl sites for hydroxylation is 1. The first-order valence-corrected chi connectivity index (χ1v) is 7.29. The third-order valence-corrected chi connectivity index (χ3v) is 4.15. The molecule has 0 aliphatic heterocycles. The predicted octanol–water partition coefficient (Wildman–Crippen LogP) is 3.76. The van der Waals surface area contributed by atoms with Crippen LogP contribution in [0.2, 0.25) is 0 Å². The predicted molar refractivity (Wildman–Crippen MR) is 79.8 cm³/mol. The number of nitrogens with one attached hydrogen (secondary N) is 1. The summed E-state index contributed by atoms with van der Waals surface area (Å²) in [6, 6.07) is 7.98. The molecule has 100 valence electrons. The van der Waals surface area contributed by atoms with Gasteiger partial charge in [0.05, 0.1) is 16.7 Å². The van der Waals surface area contributed by atoms with E-state index in [0.29, 0.717) is 5.41 Å². The number of alkyl halides is 1. The van der Waals surface area contributed by atoms with Crippen LogP contribution >= 0.6 is 11.6 Å². The number of anilines is 1. The fourth-order valence-corrected chi connectivity index (χ4v) is 2.82. The van der Waals surface area contributed by atoms with E-state index < -0.39 is 0 Å². The normalized spacial score (nSPS) is 16.5. The molecule has 1 aromatic carbocycles. The summed E-state index contributed by atoms with van der Waals surface area (Å²) in [5.74, 6) is 1.64. The number of aromatic nitrogens is 2. The van der Waals surface area contributed by atoms with Gasteiger partial charge in [-0.15, -0.1) is 11.6 Å². The molecular weight excluding hydrogens is 258 g/mol. The quantitative estimate of drug-likeness (QED) is 0.845. The molecule has 0 atom stereocenters. The van der Waals surface area contributed by atoms with Crippen molar-refractivity contribution in [2.75, 3.05) is 17.7 Å². The largest absolute Gasteiger partial charge is 0.368 e. The lowest BCUT2D eigenvalue weighted by Gasteiger charge is -2.16.